The number of hydrogen-bond donors (Lipinski definition) is 3. The van der Waals surface area contributed by atoms with Gasteiger partial charge < -0.3 is 16.2 Å². The van der Waals surface area contributed by atoms with Gasteiger partial charge in [-0.3, -0.25) is 0 Å². The van der Waals surface area contributed by atoms with E-state index < -0.39 is 6.09 Å². The van der Waals surface area contributed by atoms with Gasteiger partial charge >= 0.3 is 6.09 Å². The molecule has 1 amide bonds. The Labute approximate surface area is 115 Å². The number of carboxylic acid groups (broad SMARTS) is 1. The highest BCUT2D eigenvalue weighted by Crippen LogP contribution is 2.23. The van der Waals surface area contributed by atoms with E-state index in [2.05, 4.69) is 5.32 Å². The minimum atomic E-state index is -0.994. The number of amides is 1. The lowest BCUT2D eigenvalue weighted by atomic mass is 9.82. The fourth-order valence-electron chi connectivity index (χ4n) is 2.08. The molecule has 1 aromatic rings. The van der Waals surface area contributed by atoms with Crippen molar-refractivity contribution in [2.75, 3.05) is 0 Å². The molecule has 0 radical (unpaired) electrons. The van der Waals surface area contributed by atoms with Crippen molar-refractivity contribution in [2.45, 2.75) is 45.7 Å². The van der Waals surface area contributed by atoms with Crippen LogP contribution in [0.4, 0.5) is 4.79 Å². The van der Waals surface area contributed by atoms with E-state index in [-0.39, 0.29) is 17.5 Å². The summed E-state index contributed by atoms with van der Waals surface area (Å²) < 4.78 is 0. The van der Waals surface area contributed by atoms with Gasteiger partial charge in [-0.2, -0.15) is 0 Å². The first-order chi connectivity index (χ1) is 8.79. The zero-order valence-corrected chi connectivity index (χ0v) is 11.9. The number of carbonyl (C=O) groups is 1. The molecule has 0 fully saturated rings. The summed E-state index contributed by atoms with van der Waals surface area (Å²) in [5, 5.41) is 11.5. The molecule has 106 valence electrons. The van der Waals surface area contributed by atoms with Crippen molar-refractivity contribution in [1.29, 1.82) is 0 Å². The van der Waals surface area contributed by atoms with Crippen LogP contribution >= 0.6 is 0 Å². The van der Waals surface area contributed by atoms with Crippen LogP contribution in [0.5, 0.6) is 0 Å². The van der Waals surface area contributed by atoms with Gasteiger partial charge in [0.05, 0.1) is 0 Å². The van der Waals surface area contributed by atoms with Gasteiger partial charge in [0.1, 0.15) is 0 Å². The van der Waals surface area contributed by atoms with E-state index in [1.807, 2.05) is 51.1 Å². The highest BCUT2D eigenvalue weighted by Gasteiger charge is 2.27. The molecule has 0 aliphatic heterocycles. The Hall–Kier alpha value is -1.55. The van der Waals surface area contributed by atoms with Gasteiger partial charge in [0.25, 0.3) is 0 Å². The highest BCUT2D eigenvalue weighted by atomic mass is 16.4. The lowest BCUT2D eigenvalue weighted by Gasteiger charge is -2.32. The summed E-state index contributed by atoms with van der Waals surface area (Å²) in [5.74, 6) is 0. The number of nitrogens with two attached hydrogens (primary N) is 1. The predicted molar refractivity (Wildman–Crippen MR) is 77.1 cm³/mol. The van der Waals surface area contributed by atoms with E-state index in [9.17, 15) is 4.79 Å². The van der Waals surface area contributed by atoms with Gasteiger partial charge in [-0.15, -0.1) is 0 Å². The van der Waals surface area contributed by atoms with Gasteiger partial charge in [-0.25, -0.2) is 4.79 Å². The zero-order chi connectivity index (χ0) is 14.5. The van der Waals surface area contributed by atoms with Gasteiger partial charge in [0.2, 0.25) is 0 Å². The molecule has 0 bridgehead atoms. The average Bonchev–Trinajstić information content (AvgIpc) is 2.27. The van der Waals surface area contributed by atoms with E-state index in [4.69, 9.17) is 10.8 Å². The SMILES string of the molecule is CC(C)(C)C(CC(N)Cc1ccccc1)NC(=O)O. The number of nitrogens with one attached hydrogen (secondary N) is 1. The van der Waals surface area contributed by atoms with Crippen molar-refractivity contribution in [3.8, 4) is 0 Å². The molecule has 1 rings (SSSR count). The summed E-state index contributed by atoms with van der Waals surface area (Å²) in [4.78, 5) is 10.8. The second-order valence-corrected chi connectivity index (χ2v) is 6.05. The Morgan fingerprint density at radius 2 is 1.89 bits per heavy atom. The van der Waals surface area contributed by atoms with Crippen LogP contribution in [0.1, 0.15) is 32.8 Å². The Balaban J connectivity index is 2.61. The summed E-state index contributed by atoms with van der Waals surface area (Å²) >= 11 is 0. The Kier molecular flexibility index (Phi) is 5.36. The van der Waals surface area contributed by atoms with E-state index in [0.29, 0.717) is 6.42 Å². The van der Waals surface area contributed by atoms with Crippen LogP contribution in [-0.2, 0) is 6.42 Å². The highest BCUT2D eigenvalue weighted by molar-refractivity contribution is 5.65. The van der Waals surface area contributed by atoms with E-state index in [1.165, 1.54) is 5.56 Å². The third kappa shape index (κ3) is 5.75. The van der Waals surface area contributed by atoms with Crippen LogP contribution < -0.4 is 11.1 Å². The van der Waals surface area contributed by atoms with Gasteiger partial charge in [0, 0.05) is 12.1 Å². The molecule has 0 aliphatic rings. The maximum absolute atomic E-state index is 10.8. The van der Waals surface area contributed by atoms with Crippen molar-refractivity contribution < 1.29 is 9.90 Å². The van der Waals surface area contributed by atoms with E-state index >= 15 is 0 Å². The molecule has 19 heavy (non-hydrogen) atoms. The first kappa shape index (κ1) is 15.5. The van der Waals surface area contributed by atoms with Gasteiger partial charge in [-0.05, 0) is 23.8 Å². The third-order valence-corrected chi connectivity index (χ3v) is 3.22. The fourth-order valence-corrected chi connectivity index (χ4v) is 2.08. The fraction of sp³-hybridized carbons (Fsp3) is 0.533. The molecular formula is C15H24N2O2. The molecule has 4 nitrogen and oxygen atoms in total. The number of benzene rings is 1. The van der Waals surface area contributed by atoms with Crippen LogP contribution in [0.25, 0.3) is 0 Å². The van der Waals surface area contributed by atoms with Crippen molar-refractivity contribution in [3.05, 3.63) is 35.9 Å². The maximum Gasteiger partial charge on any atom is 0.404 e. The molecule has 0 aromatic heterocycles. The van der Waals surface area contributed by atoms with Crippen molar-refractivity contribution in [2.24, 2.45) is 11.1 Å². The van der Waals surface area contributed by atoms with E-state index in [0.717, 1.165) is 6.42 Å². The normalized spacial score (nSPS) is 14.7. The van der Waals surface area contributed by atoms with Crippen LogP contribution in [0.15, 0.2) is 30.3 Å². The summed E-state index contributed by atoms with van der Waals surface area (Å²) in [6.07, 6.45) is 0.395. The van der Waals surface area contributed by atoms with Crippen LogP contribution in [0.2, 0.25) is 0 Å². The first-order valence-electron chi connectivity index (χ1n) is 6.58. The third-order valence-electron chi connectivity index (χ3n) is 3.22. The molecule has 0 spiro atoms. The molecule has 2 unspecified atom stereocenters. The standard InChI is InChI=1S/C15H24N2O2/c1-15(2,3)13(17-14(18)19)10-12(16)9-11-7-5-4-6-8-11/h4-8,12-13,17H,9-10,16H2,1-3H3,(H,18,19). The van der Waals surface area contributed by atoms with Crippen LogP contribution in [0, 0.1) is 5.41 Å². The Morgan fingerprint density at radius 3 is 2.37 bits per heavy atom. The quantitative estimate of drug-likeness (QED) is 0.765. The molecule has 1 aromatic carbocycles. The topological polar surface area (TPSA) is 75.3 Å². The lowest BCUT2D eigenvalue weighted by Crippen LogP contribution is -2.46. The smallest absolute Gasteiger partial charge is 0.404 e. The number of hydrogen-bond acceptors (Lipinski definition) is 2. The molecule has 0 heterocycles. The minimum absolute atomic E-state index is 0.0570. The Morgan fingerprint density at radius 1 is 1.32 bits per heavy atom. The van der Waals surface area contributed by atoms with Crippen LogP contribution in [-0.4, -0.2) is 23.3 Å². The van der Waals surface area contributed by atoms with Gasteiger partial charge in [-0.1, -0.05) is 51.1 Å². The lowest BCUT2D eigenvalue weighted by molar-refractivity contribution is 0.169. The van der Waals surface area contributed by atoms with Crippen molar-refractivity contribution in [3.63, 3.8) is 0 Å². The van der Waals surface area contributed by atoms with Gasteiger partial charge in [0.15, 0.2) is 0 Å². The molecule has 0 aliphatic carbocycles. The average molecular weight is 264 g/mol. The molecule has 4 heteroatoms. The largest absolute Gasteiger partial charge is 0.465 e. The molecular weight excluding hydrogens is 240 g/mol. The molecule has 0 saturated heterocycles. The van der Waals surface area contributed by atoms with Crippen molar-refractivity contribution in [1.82, 2.24) is 5.32 Å². The van der Waals surface area contributed by atoms with Crippen LogP contribution in [0.3, 0.4) is 0 Å². The maximum atomic E-state index is 10.8. The summed E-state index contributed by atoms with van der Waals surface area (Å²) in [7, 11) is 0. The second kappa shape index (κ2) is 6.57. The summed E-state index contributed by atoms with van der Waals surface area (Å²) in [6.45, 7) is 6.05. The van der Waals surface area contributed by atoms with E-state index in [1.54, 1.807) is 0 Å². The van der Waals surface area contributed by atoms with Crippen molar-refractivity contribution >= 4 is 6.09 Å². The molecule has 2 atom stereocenters. The molecule has 4 N–H and O–H groups in total. The second-order valence-electron chi connectivity index (χ2n) is 6.05. The predicted octanol–water partition coefficient (Wildman–Crippen LogP) is 2.63. The first-order valence-corrected chi connectivity index (χ1v) is 6.58. The minimum Gasteiger partial charge on any atom is -0.465 e. The zero-order valence-electron chi connectivity index (χ0n) is 11.9. The molecule has 0 saturated carbocycles. The summed E-state index contributed by atoms with van der Waals surface area (Å²) in [6, 6.07) is 9.81. The monoisotopic (exact) mass is 264 g/mol. The number of rotatable bonds is 5. The summed E-state index contributed by atoms with van der Waals surface area (Å²) in [5.41, 5.74) is 7.18. The Bertz CT molecular complexity index is 398.